The van der Waals surface area contributed by atoms with Crippen LogP contribution in [0.5, 0.6) is 0 Å². The number of ether oxygens (including phenoxy) is 1. The van der Waals surface area contributed by atoms with E-state index in [-0.39, 0.29) is 17.3 Å². The van der Waals surface area contributed by atoms with Crippen LogP contribution in [0.15, 0.2) is 0 Å². The van der Waals surface area contributed by atoms with Gasteiger partial charge in [0.15, 0.2) is 0 Å². The summed E-state index contributed by atoms with van der Waals surface area (Å²) in [4.78, 5) is 0. The molecule has 0 bridgehead atoms. The van der Waals surface area contributed by atoms with E-state index >= 15 is 0 Å². The maximum atomic E-state index is 9.11. The molecule has 0 radical (unpaired) electrons. The van der Waals surface area contributed by atoms with Gasteiger partial charge in [-0.3, -0.25) is 0 Å². The summed E-state index contributed by atoms with van der Waals surface area (Å²) in [6.07, 6.45) is 2.31. The molecule has 76 valence electrons. The van der Waals surface area contributed by atoms with Crippen molar-refractivity contribution in [3.63, 3.8) is 0 Å². The van der Waals surface area contributed by atoms with Gasteiger partial charge in [-0.1, -0.05) is 0 Å². The van der Waals surface area contributed by atoms with Crippen molar-refractivity contribution in [1.29, 1.82) is 0 Å². The molecule has 1 rings (SSSR count). The van der Waals surface area contributed by atoms with Gasteiger partial charge in [-0.15, -0.1) is 11.6 Å². The second-order valence-electron chi connectivity index (χ2n) is 3.48. The summed E-state index contributed by atoms with van der Waals surface area (Å²) >= 11 is 5.94. The minimum Gasteiger partial charge on any atom is -0.427 e. The molecule has 13 heavy (non-hydrogen) atoms. The topological polar surface area (TPSA) is 49.7 Å². The molecule has 0 aliphatic heterocycles. The molecular formula is C8H16BClO3. The Morgan fingerprint density at radius 1 is 1.46 bits per heavy atom. The fourth-order valence-corrected chi connectivity index (χ4v) is 2.19. The second-order valence-corrected chi connectivity index (χ2v) is 4.10. The zero-order valence-electron chi connectivity index (χ0n) is 7.82. The maximum Gasteiger partial charge on any atom is 0.457 e. The Bertz CT molecular complexity index is 156. The zero-order chi connectivity index (χ0) is 9.84. The Morgan fingerprint density at radius 3 is 2.69 bits per heavy atom. The highest BCUT2D eigenvalue weighted by atomic mass is 35.5. The fraction of sp³-hybridized carbons (Fsp3) is 1.00. The molecule has 1 aliphatic rings. The average Bonchev–Trinajstić information content (AvgIpc) is 2.08. The lowest BCUT2D eigenvalue weighted by atomic mass is 9.63. The number of halogens is 1. The highest BCUT2D eigenvalue weighted by Crippen LogP contribution is 2.35. The fourth-order valence-electron chi connectivity index (χ4n) is 1.86. The molecule has 1 saturated carbocycles. The van der Waals surface area contributed by atoms with Crippen molar-refractivity contribution in [2.45, 2.75) is 43.5 Å². The van der Waals surface area contributed by atoms with Crippen molar-refractivity contribution in [2.75, 3.05) is 6.61 Å². The van der Waals surface area contributed by atoms with E-state index < -0.39 is 7.12 Å². The van der Waals surface area contributed by atoms with Gasteiger partial charge in [0.2, 0.25) is 0 Å². The van der Waals surface area contributed by atoms with E-state index in [1.165, 1.54) is 0 Å². The summed E-state index contributed by atoms with van der Waals surface area (Å²) in [5, 5.41) is 18.3. The molecule has 0 heterocycles. The van der Waals surface area contributed by atoms with Crippen molar-refractivity contribution >= 4 is 18.7 Å². The number of hydrogen-bond acceptors (Lipinski definition) is 3. The Morgan fingerprint density at radius 2 is 2.15 bits per heavy atom. The average molecular weight is 206 g/mol. The second kappa shape index (κ2) is 5.20. The Kier molecular flexibility index (Phi) is 4.52. The molecule has 1 aliphatic carbocycles. The van der Waals surface area contributed by atoms with Crippen molar-refractivity contribution in [1.82, 2.24) is 0 Å². The molecule has 5 heteroatoms. The molecule has 0 saturated heterocycles. The predicted molar refractivity (Wildman–Crippen MR) is 52.8 cm³/mol. The lowest BCUT2D eigenvalue weighted by Crippen LogP contribution is -2.37. The lowest BCUT2D eigenvalue weighted by Gasteiger charge is -2.32. The van der Waals surface area contributed by atoms with Gasteiger partial charge < -0.3 is 14.8 Å². The minimum atomic E-state index is -1.31. The van der Waals surface area contributed by atoms with Crippen LogP contribution >= 0.6 is 11.6 Å². The highest BCUT2D eigenvalue weighted by Gasteiger charge is 2.37. The first kappa shape index (κ1) is 11.3. The van der Waals surface area contributed by atoms with Crippen LogP contribution in [-0.2, 0) is 4.74 Å². The van der Waals surface area contributed by atoms with Crippen molar-refractivity contribution in [3.8, 4) is 0 Å². The SMILES string of the molecule is CCOC1CCC(Cl)CC1B(O)O. The largest absolute Gasteiger partial charge is 0.457 e. The Balaban J connectivity index is 2.50. The van der Waals surface area contributed by atoms with Crippen LogP contribution in [0.3, 0.4) is 0 Å². The van der Waals surface area contributed by atoms with Crippen LogP contribution in [0.1, 0.15) is 26.2 Å². The molecule has 2 N–H and O–H groups in total. The van der Waals surface area contributed by atoms with E-state index in [0.717, 1.165) is 12.8 Å². The zero-order valence-corrected chi connectivity index (χ0v) is 8.57. The Labute approximate surface area is 84.2 Å². The van der Waals surface area contributed by atoms with Crippen LogP contribution in [0.25, 0.3) is 0 Å². The van der Waals surface area contributed by atoms with Crippen LogP contribution in [0, 0.1) is 0 Å². The molecule has 0 spiro atoms. The summed E-state index contributed by atoms with van der Waals surface area (Å²) in [5.74, 6) is -0.226. The summed E-state index contributed by atoms with van der Waals surface area (Å²) in [5.41, 5.74) is 0. The molecule has 0 aromatic carbocycles. The summed E-state index contributed by atoms with van der Waals surface area (Å²) < 4.78 is 5.43. The van der Waals surface area contributed by atoms with Gasteiger partial charge in [0, 0.05) is 17.8 Å². The monoisotopic (exact) mass is 206 g/mol. The first-order valence-electron chi connectivity index (χ1n) is 4.77. The van der Waals surface area contributed by atoms with Gasteiger partial charge in [0.25, 0.3) is 0 Å². The molecule has 0 aromatic heterocycles. The van der Waals surface area contributed by atoms with Gasteiger partial charge in [-0.05, 0) is 26.2 Å². The van der Waals surface area contributed by atoms with Gasteiger partial charge >= 0.3 is 7.12 Å². The van der Waals surface area contributed by atoms with Crippen LogP contribution < -0.4 is 0 Å². The van der Waals surface area contributed by atoms with Crippen molar-refractivity contribution in [2.24, 2.45) is 0 Å². The quantitative estimate of drug-likeness (QED) is 0.536. The van der Waals surface area contributed by atoms with E-state index in [9.17, 15) is 0 Å². The van der Waals surface area contributed by atoms with Gasteiger partial charge in [-0.25, -0.2) is 0 Å². The number of hydrogen-bond donors (Lipinski definition) is 2. The van der Waals surface area contributed by atoms with Crippen molar-refractivity contribution in [3.05, 3.63) is 0 Å². The van der Waals surface area contributed by atoms with E-state index in [0.29, 0.717) is 13.0 Å². The highest BCUT2D eigenvalue weighted by molar-refractivity contribution is 6.43. The van der Waals surface area contributed by atoms with E-state index in [2.05, 4.69) is 0 Å². The van der Waals surface area contributed by atoms with Gasteiger partial charge in [0.05, 0.1) is 6.10 Å². The molecule has 3 unspecified atom stereocenters. The lowest BCUT2D eigenvalue weighted by molar-refractivity contribution is 0.0303. The normalized spacial score (nSPS) is 34.6. The molecule has 1 fully saturated rings. The molecular weight excluding hydrogens is 190 g/mol. The third-order valence-corrected chi connectivity index (χ3v) is 2.93. The van der Waals surface area contributed by atoms with E-state index in [4.69, 9.17) is 26.4 Å². The number of alkyl halides is 1. The first-order valence-corrected chi connectivity index (χ1v) is 5.20. The van der Waals surface area contributed by atoms with Gasteiger partial charge in [-0.2, -0.15) is 0 Å². The third kappa shape index (κ3) is 3.13. The van der Waals surface area contributed by atoms with Crippen LogP contribution in [-0.4, -0.2) is 35.3 Å². The minimum absolute atomic E-state index is 0.0417. The molecule has 0 aromatic rings. The Hall–Kier alpha value is 0.235. The van der Waals surface area contributed by atoms with Crippen molar-refractivity contribution < 1.29 is 14.8 Å². The molecule has 0 amide bonds. The van der Waals surface area contributed by atoms with Crippen LogP contribution in [0.4, 0.5) is 0 Å². The summed E-state index contributed by atoms with van der Waals surface area (Å²) in [6.45, 7) is 2.52. The molecule has 3 atom stereocenters. The van der Waals surface area contributed by atoms with E-state index in [1.54, 1.807) is 0 Å². The number of rotatable bonds is 3. The molecule has 3 nitrogen and oxygen atoms in total. The van der Waals surface area contributed by atoms with E-state index in [1.807, 2.05) is 6.92 Å². The van der Waals surface area contributed by atoms with Gasteiger partial charge in [0.1, 0.15) is 0 Å². The predicted octanol–water partition coefficient (Wildman–Crippen LogP) is 1.03. The summed E-state index contributed by atoms with van der Waals surface area (Å²) in [6, 6.07) is 0. The smallest absolute Gasteiger partial charge is 0.427 e. The summed E-state index contributed by atoms with van der Waals surface area (Å²) in [7, 11) is -1.31. The first-order chi connectivity index (χ1) is 6.15. The third-order valence-electron chi connectivity index (χ3n) is 2.53. The maximum absolute atomic E-state index is 9.11. The van der Waals surface area contributed by atoms with Crippen LogP contribution in [0.2, 0.25) is 5.82 Å². The standard InChI is InChI=1S/C8H16BClO3/c1-2-13-8-4-3-6(10)5-7(8)9(11)12/h6-8,11-12H,2-5H2,1H3.